The Morgan fingerprint density at radius 1 is 1.38 bits per heavy atom. The predicted molar refractivity (Wildman–Crippen MR) is 63.7 cm³/mol. The molecular weight excluding hydrogens is 222 g/mol. The Bertz CT molecular complexity index is 345. The summed E-state index contributed by atoms with van der Waals surface area (Å²) in [6.45, 7) is 0.956. The Kier molecular flexibility index (Phi) is 3.15. The zero-order chi connectivity index (χ0) is 10.8. The quantitative estimate of drug-likeness (QED) is 0.845. The van der Waals surface area contributed by atoms with Crippen molar-refractivity contribution in [3.63, 3.8) is 0 Å². The number of nitrogens with one attached hydrogen (secondary N) is 1. The van der Waals surface area contributed by atoms with Crippen molar-refractivity contribution in [3.8, 4) is 0 Å². The van der Waals surface area contributed by atoms with Gasteiger partial charge in [0, 0.05) is 30.7 Å². The van der Waals surface area contributed by atoms with Crippen LogP contribution in [-0.2, 0) is 6.42 Å². The van der Waals surface area contributed by atoms with E-state index in [0.717, 1.165) is 24.7 Å². The van der Waals surface area contributed by atoms with Gasteiger partial charge in [-0.25, -0.2) is 0 Å². The second-order valence-corrected chi connectivity index (χ2v) is 5.74. The summed E-state index contributed by atoms with van der Waals surface area (Å²) in [5, 5.41) is 7.55. The third-order valence-corrected chi connectivity index (χ3v) is 4.29. The van der Waals surface area contributed by atoms with Crippen LogP contribution in [0.4, 0.5) is 0 Å². The largest absolute Gasteiger partial charge is 0.339 e. The van der Waals surface area contributed by atoms with Crippen LogP contribution in [0.5, 0.6) is 0 Å². The molecule has 0 spiro atoms. The number of thioether (sulfide) groups is 1. The molecule has 2 fully saturated rings. The van der Waals surface area contributed by atoms with Crippen LogP contribution in [0.3, 0.4) is 0 Å². The molecule has 4 nitrogen and oxygen atoms in total. The Labute approximate surface area is 99.6 Å². The van der Waals surface area contributed by atoms with Crippen LogP contribution in [0.15, 0.2) is 4.52 Å². The Morgan fingerprint density at radius 2 is 2.31 bits per heavy atom. The van der Waals surface area contributed by atoms with E-state index in [1.807, 2.05) is 11.8 Å². The molecule has 16 heavy (non-hydrogen) atoms. The van der Waals surface area contributed by atoms with Gasteiger partial charge in [-0.3, -0.25) is 0 Å². The standard InChI is InChI=1S/C11H17N3OS/c1-2-8(1)11-13-10(15-14-11)3-5-12-9-4-6-16-7-9/h8-9,12H,1-7H2/t9-/m0/s1. The van der Waals surface area contributed by atoms with E-state index in [-0.39, 0.29) is 0 Å². The van der Waals surface area contributed by atoms with E-state index in [0.29, 0.717) is 12.0 Å². The van der Waals surface area contributed by atoms with E-state index >= 15 is 0 Å². The van der Waals surface area contributed by atoms with Crippen LogP contribution in [0.25, 0.3) is 0 Å². The molecule has 1 aromatic rings. The molecule has 0 radical (unpaired) electrons. The van der Waals surface area contributed by atoms with Gasteiger partial charge in [-0.2, -0.15) is 16.7 Å². The summed E-state index contributed by atoms with van der Waals surface area (Å²) < 4.78 is 5.22. The number of hydrogen-bond acceptors (Lipinski definition) is 5. The molecule has 1 saturated heterocycles. The van der Waals surface area contributed by atoms with Gasteiger partial charge in [0.2, 0.25) is 5.89 Å². The van der Waals surface area contributed by atoms with Gasteiger partial charge in [-0.05, 0) is 25.0 Å². The fraction of sp³-hybridized carbons (Fsp3) is 0.818. The van der Waals surface area contributed by atoms with Crippen LogP contribution in [0, 0.1) is 0 Å². The molecule has 2 heterocycles. The molecule has 88 valence electrons. The van der Waals surface area contributed by atoms with Gasteiger partial charge in [0.15, 0.2) is 5.82 Å². The first-order valence-electron chi connectivity index (χ1n) is 6.05. The molecule has 0 bridgehead atoms. The fourth-order valence-electron chi connectivity index (χ4n) is 1.96. The second kappa shape index (κ2) is 4.75. The third-order valence-electron chi connectivity index (χ3n) is 3.13. The number of aromatic nitrogens is 2. The highest BCUT2D eigenvalue weighted by Gasteiger charge is 2.28. The van der Waals surface area contributed by atoms with Crippen LogP contribution in [-0.4, -0.2) is 34.2 Å². The molecule has 2 aliphatic rings. The van der Waals surface area contributed by atoms with Crippen molar-refractivity contribution in [2.24, 2.45) is 0 Å². The Balaban J connectivity index is 1.42. The van der Waals surface area contributed by atoms with Gasteiger partial charge >= 0.3 is 0 Å². The van der Waals surface area contributed by atoms with E-state index in [9.17, 15) is 0 Å². The highest BCUT2D eigenvalue weighted by atomic mass is 32.2. The lowest BCUT2D eigenvalue weighted by molar-refractivity contribution is 0.368. The van der Waals surface area contributed by atoms with Gasteiger partial charge in [-0.15, -0.1) is 0 Å². The van der Waals surface area contributed by atoms with Crippen LogP contribution >= 0.6 is 11.8 Å². The minimum atomic E-state index is 0.594. The monoisotopic (exact) mass is 239 g/mol. The summed E-state index contributed by atoms with van der Waals surface area (Å²) in [5.74, 6) is 4.85. The van der Waals surface area contributed by atoms with Gasteiger partial charge in [0.1, 0.15) is 0 Å². The summed E-state index contributed by atoms with van der Waals surface area (Å²) >= 11 is 2.03. The zero-order valence-electron chi connectivity index (χ0n) is 9.32. The summed E-state index contributed by atoms with van der Waals surface area (Å²) in [5.41, 5.74) is 0. The lowest BCUT2D eigenvalue weighted by Crippen LogP contribution is -2.30. The highest BCUT2D eigenvalue weighted by Crippen LogP contribution is 2.38. The fourth-order valence-corrected chi connectivity index (χ4v) is 3.14. The molecule has 1 aromatic heterocycles. The Morgan fingerprint density at radius 3 is 3.06 bits per heavy atom. The molecular formula is C11H17N3OS. The molecule has 0 unspecified atom stereocenters. The first-order valence-corrected chi connectivity index (χ1v) is 7.21. The first kappa shape index (κ1) is 10.6. The molecule has 1 aliphatic carbocycles. The summed E-state index contributed by atoms with van der Waals surface area (Å²) in [7, 11) is 0. The molecule has 5 heteroatoms. The van der Waals surface area contributed by atoms with Gasteiger partial charge in [-0.1, -0.05) is 5.16 Å². The molecule has 1 atom stereocenters. The molecule has 0 aromatic carbocycles. The minimum absolute atomic E-state index is 0.594. The lowest BCUT2D eigenvalue weighted by Gasteiger charge is -2.08. The SMILES string of the molecule is C(Cc1nc(C2CC2)no1)N[C@H]1CCSC1. The van der Waals surface area contributed by atoms with E-state index in [2.05, 4.69) is 15.5 Å². The first-order chi connectivity index (χ1) is 7.92. The van der Waals surface area contributed by atoms with E-state index in [1.165, 1.54) is 30.8 Å². The highest BCUT2D eigenvalue weighted by molar-refractivity contribution is 7.99. The van der Waals surface area contributed by atoms with Crippen molar-refractivity contribution in [2.45, 2.75) is 37.6 Å². The average molecular weight is 239 g/mol. The molecule has 1 aliphatic heterocycles. The molecule has 3 rings (SSSR count). The van der Waals surface area contributed by atoms with Crippen LogP contribution in [0.1, 0.15) is 36.9 Å². The smallest absolute Gasteiger partial charge is 0.227 e. The number of rotatable bonds is 5. The maximum absolute atomic E-state index is 5.22. The lowest BCUT2D eigenvalue weighted by atomic mass is 10.2. The maximum atomic E-state index is 5.22. The zero-order valence-corrected chi connectivity index (χ0v) is 10.1. The predicted octanol–water partition coefficient (Wildman–Crippen LogP) is 1.58. The van der Waals surface area contributed by atoms with Crippen LogP contribution in [0.2, 0.25) is 0 Å². The molecule has 1 saturated carbocycles. The van der Waals surface area contributed by atoms with Crippen molar-refractivity contribution in [2.75, 3.05) is 18.1 Å². The van der Waals surface area contributed by atoms with E-state index in [1.54, 1.807) is 0 Å². The average Bonchev–Trinajstić information content (AvgIpc) is 2.83. The minimum Gasteiger partial charge on any atom is -0.339 e. The van der Waals surface area contributed by atoms with Crippen molar-refractivity contribution < 1.29 is 4.52 Å². The van der Waals surface area contributed by atoms with Gasteiger partial charge in [0.25, 0.3) is 0 Å². The van der Waals surface area contributed by atoms with Crippen molar-refractivity contribution >= 4 is 11.8 Å². The number of hydrogen-bond donors (Lipinski definition) is 1. The van der Waals surface area contributed by atoms with Crippen molar-refractivity contribution in [1.82, 2.24) is 15.5 Å². The molecule has 1 N–H and O–H groups in total. The molecule has 0 amide bonds. The number of nitrogens with zero attached hydrogens (tertiary/aromatic N) is 2. The third kappa shape index (κ3) is 2.58. The second-order valence-electron chi connectivity index (χ2n) is 4.59. The van der Waals surface area contributed by atoms with E-state index < -0.39 is 0 Å². The topological polar surface area (TPSA) is 51.0 Å². The van der Waals surface area contributed by atoms with E-state index in [4.69, 9.17) is 4.52 Å². The van der Waals surface area contributed by atoms with Crippen molar-refractivity contribution in [3.05, 3.63) is 11.7 Å². The van der Waals surface area contributed by atoms with Gasteiger partial charge < -0.3 is 9.84 Å². The Hall–Kier alpha value is -0.550. The van der Waals surface area contributed by atoms with Crippen LogP contribution < -0.4 is 5.32 Å². The summed E-state index contributed by atoms with van der Waals surface area (Å²) in [6, 6.07) is 0.691. The summed E-state index contributed by atoms with van der Waals surface area (Å²) in [6.07, 6.45) is 4.62. The summed E-state index contributed by atoms with van der Waals surface area (Å²) in [4.78, 5) is 4.41. The maximum Gasteiger partial charge on any atom is 0.227 e. The van der Waals surface area contributed by atoms with Gasteiger partial charge in [0.05, 0.1) is 0 Å². The normalized spacial score (nSPS) is 25.1. The van der Waals surface area contributed by atoms with Crippen molar-refractivity contribution in [1.29, 1.82) is 0 Å².